The second kappa shape index (κ2) is 6.01. The van der Waals surface area contributed by atoms with Gasteiger partial charge in [-0.1, -0.05) is 11.3 Å². The van der Waals surface area contributed by atoms with Crippen LogP contribution in [-0.4, -0.2) is 30.1 Å². The first-order valence-electron chi connectivity index (χ1n) is 5.76. The van der Waals surface area contributed by atoms with E-state index in [9.17, 15) is 18.5 Å². The number of sulfonamides is 1. The van der Waals surface area contributed by atoms with Crippen molar-refractivity contribution in [3.8, 4) is 0 Å². The van der Waals surface area contributed by atoms with E-state index in [2.05, 4.69) is 20.2 Å². The Morgan fingerprint density at radius 2 is 2.24 bits per heavy atom. The minimum absolute atomic E-state index is 0.0403. The number of hydrogen-bond acceptors (Lipinski definition) is 8. The van der Waals surface area contributed by atoms with E-state index in [0.717, 1.165) is 17.4 Å². The van der Waals surface area contributed by atoms with Crippen molar-refractivity contribution in [3.63, 3.8) is 0 Å². The molecule has 0 amide bonds. The van der Waals surface area contributed by atoms with Gasteiger partial charge in [-0.3, -0.25) is 14.8 Å². The first-order chi connectivity index (χ1) is 9.94. The van der Waals surface area contributed by atoms with Gasteiger partial charge in [-0.15, -0.1) is 5.10 Å². The summed E-state index contributed by atoms with van der Waals surface area (Å²) in [5, 5.41) is 21.1. The molecule has 2 heterocycles. The summed E-state index contributed by atoms with van der Waals surface area (Å²) in [6.45, 7) is 2.20. The lowest BCUT2D eigenvalue weighted by Crippen LogP contribution is -2.12. The van der Waals surface area contributed by atoms with Gasteiger partial charge in [-0.25, -0.2) is 8.42 Å². The topological polar surface area (TPSA) is 127 Å². The Morgan fingerprint density at radius 3 is 2.81 bits per heavy atom. The maximum atomic E-state index is 12.2. The van der Waals surface area contributed by atoms with Crippen LogP contribution in [0.25, 0.3) is 0 Å². The molecule has 2 aromatic heterocycles. The molecule has 2 N–H and O–H groups in total. The third-order valence-corrected chi connectivity index (χ3v) is 5.21. The number of nitrogens with zero attached hydrogens (tertiary/aromatic N) is 3. The predicted octanol–water partition coefficient (Wildman–Crippen LogP) is 1.68. The fourth-order valence-electron chi connectivity index (χ4n) is 1.46. The highest BCUT2D eigenvalue weighted by Gasteiger charge is 2.26. The zero-order valence-corrected chi connectivity index (χ0v) is 12.4. The molecule has 0 aliphatic heterocycles. The van der Waals surface area contributed by atoms with Gasteiger partial charge in [0.25, 0.3) is 10.0 Å². The SMILES string of the molecule is CCNc1sc(S(=O)(=O)Nc2cccnn2)cc1[N+](=O)[O-]. The van der Waals surface area contributed by atoms with E-state index in [1.54, 1.807) is 6.92 Å². The summed E-state index contributed by atoms with van der Waals surface area (Å²) in [6.07, 6.45) is 1.40. The summed E-state index contributed by atoms with van der Waals surface area (Å²) < 4.78 is 26.4. The third-order valence-electron chi connectivity index (χ3n) is 2.30. The molecule has 9 nitrogen and oxygen atoms in total. The zero-order chi connectivity index (χ0) is 15.5. The van der Waals surface area contributed by atoms with E-state index >= 15 is 0 Å². The molecule has 2 rings (SSSR count). The van der Waals surface area contributed by atoms with Crippen LogP contribution in [0.5, 0.6) is 0 Å². The molecule has 0 spiro atoms. The Balaban J connectivity index is 2.36. The summed E-state index contributed by atoms with van der Waals surface area (Å²) in [6, 6.07) is 3.96. The van der Waals surface area contributed by atoms with Crippen LogP contribution in [0.3, 0.4) is 0 Å². The van der Waals surface area contributed by atoms with Crippen molar-refractivity contribution in [2.24, 2.45) is 0 Å². The van der Waals surface area contributed by atoms with Gasteiger partial charge in [0.05, 0.1) is 4.92 Å². The highest BCUT2D eigenvalue weighted by molar-refractivity contribution is 7.94. The normalized spacial score (nSPS) is 11.1. The monoisotopic (exact) mass is 329 g/mol. The lowest BCUT2D eigenvalue weighted by Gasteiger charge is -2.03. The number of anilines is 2. The van der Waals surface area contributed by atoms with Crippen molar-refractivity contribution < 1.29 is 13.3 Å². The average Bonchev–Trinajstić information content (AvgIpc) is 2.85. The highest BCUT2D eigenvalue weighted by atomic mass is 32.2. The second-order valence-electron chi connectivity index (χ2n) is 3.78. The fraction of sp³-hybridized carbons (Fsp3) is 0.200. The van der Waals surface area contributed by atoms with Gasteiger partial charge in [0, 0.05) is 18.8 Å². The lowest BCUT2D eigenvalue weighted by atomic mass is 10.5. The van der Waals surface area contributed by atoms with Crippen molar-refractivity contribution >= 4 is 37.9 Å². The molecule has 0 radical (unpaired) electrons. The van der Waals surface area contributed by atoms with Crippen LogP contribution >= 0.6 is 11.3 Å². The number of nitro groups is 1. The molecule has 0 saturated carbocycles. The molecule has 0 aliphatic carbocycles. The Morgan fingerprint density at radius 1 is 1.48 bits per heavy atom. The number of rotatable bonds is 6. The molecule has 112 valence electrons. The summed E-state index contributed by atoms with van der Waals surface area (Å²) >= 11 is 0.787. The molecule has 0 aliphatic rings. The minimum atomic E-state index is -3.95. The molecule has 0 atom stereocenters. The molecule has 0 unspecified atom stereocenters. The van der Waals surface area contributed by atoms with Crippen molar-refractivity contribution in [1.82, 2.24) is 10.2 Å². The van der Waals surface area contributed by atoms with Crippen molar-refractivity contribution in [3.05, 3.63) is 34.5 Å². The molecule has 0 aromatic carbocycles. The van der Waals surface area contributed by atoms with E-state index in [1.807, 2.05) is 0 Å². The van der Waals surface area contributed by atoms with Gasteiger partial charge in [0.15, 0.2) is 10.8 Å². The van der Waals surface area contributed by atoms with E-state index in [4.69, 9.17) is 0 Å². The van der Waals surface area contributed by atoms with Crippen LogP contribution in [0.4, 0.5) is 16.5 Å². The highest BCUT2D eigenvalue weighted by Crippen LogP contribution is 2.37. The Kier molecular flexibility index (Phi) is 4.33. The van der Waals surface area contributed by atoms with Crippen molar-refractivity contribution in [1.29, 1.82) is 0 Å². The molecular formula is C10H11N5O4S2. The van der Waals surface area contributed by atoms with Crippen molar-refractivity contribution in [2.45, 2.75) is 11.1 Å². The molecular weight excluding hydrogens is 318 g/mol. The standard InChI is InChI=1S/C10H11N5O4S2/c1-2-11-10-7(15(16)17)6-9(20-10)21(18,19)14-8-4-3-5-12-13-8/h3-6,11H,2H2,1H3,(H,13,14). The molecule has 0 saturated heterocycles. The van der Waals surface area contributed by atoms with Crippen LogP contribution in [0.15, 0.2) is 28.6 Å². The van der Waals surface area contributed by atoms with Crippen LogP contribution < -0.4 is 10.0 Å². The van der Waals surface area contributed by atoms with Crippen LogP contribution in [-0.2, 0) is 10.0 Å². The van der Waals surface area contributed by atoms with Gasteiger partial charge in [-0.05, 0) is 19.1 Å². The number of hydrogen-bond donors (Lipinski definition) is 2. The Labute approximate surface area is 124 Å². The predicted molar refractivity (Wildman–Crippen MR) is 78.0 cm³/mol. The summed E-state index contributed by atoms with van der Waals surface area (Å²) in [5.41, 5.74) is -0.277. The van der Waals surface area contributed by atoms with Crippen LogP contribution in [0.1, 0.15) is 6.92 Å². The van der Waals surface area contributed by atoms with Gasteiger partial charge in [0.1, 0.15) is 4.21 Å². The summed E-state index contributed by atoms with van der Waals surface area (Å²) in [5.74, 6) is 0.0403. The van der Waals surface area contributed by atoms with E-state index in [-0.39, 0.29) is 20.7 Å². The van der Waals surface area contributed by atoms with Crippen molar-refractivity contribution in [2.75, 3.05) is 16.6 Å². The summed E-state index contributed by atoms with van der Waals surface area (Å²) in [7, 11) is -3.95. The Bertz CT molecular complexity index is 744. The third kappa shape index (κ3) is 3.44. The summed E-state index contributed by atoms with van der Waals surface area (Å²) in [4.78, 5) is 10.3. The number of nitrogens with one attached hydrogen (secondary N) is 2. The maximum Gasteiger partial charge on any atom is 0.304 e. The van der Waals surface area contributed by atoms with Gasteiger partial charge in [-0.2, -0.15) is 5.10 Å². The van der Waals surface area contributed by atoms with Gasteiger partial charge < -0.3 is 5.32 Å². The molecule has 0 bridgehead atoms. The number of aromatic nitrogens is 2. The van der Waals surface area contributed by atoms with E-state index in [1.165, 1.54) is 18.3 Å². The molecule has 21 heavy (non-hydrogen) atoms. The Hall–Kier alpha value is -2.27. The zero-order valence-electron chi connectivity index (χ0n) is 10.8. The largest absolute Gasteiger partial charge is 0.372 e. The molecule has 0 fully saturated rings. The maximum absolute atomic E-state index is 12.2. The first-order valence-corrected chi connectivity index (χ1v) is 8.06. The molecule has 2 aromatic rings. The first kappa shape index (κ1) is 15.1. The quantitative estimate of drug-likeness (QED) is 0.609. The smallest absolute Gasteiger partial charge is 0.304 e. The van der Waals surface area contributed by atoms with Gasteiger partial charge in [0.2, 0.25) is 0 Å². The lowest BCUT2D eigenvalue weighted by molar-refractivity contribution is -0.383. The van der Waals surface area contributed by atoms with Crippen LogP contribution in [0.2, 0.25) is 0 Å². The number of thiophene rings is 1. The average molecular weight is 329 g/mol. The second-order valence-corrected chi connectivity index (χ2v) is 6.74. The van der Waals surface area contributed by atoms with Gasteiger partial charge >= 0.3 is 5.69 Å². The van der Waals surface area contributed by atoms with E-state index in [0.29, 0.717) is 6.54 Å². The van der Waals surface area contributed by atoms with E-state index < -0.39 is 14.9 Å². The molecule has 11 heteroatoms. The van der Waals surface area contributed by atoms with Crippen LogP contribution in [0, 0.1) is 10.1 Å². The fourth-order valence-corrected chi connectivity index (χ4v) is 3.85. The minimum Gasteiger partial charge on any atom is -0.372 e.